The minimum Gasteiger partial charge on any atom is -0.497 e. The van der Waals surface area contributed by atoms with Crippen LogP contribution in [0.2, 0.25) is 0 Å². The number of nitrogens with one attached hydrogen (secondary N) is 1. The third-order valence-corrected chi connectivity index (χ3v) is 5.50. The molecule has 1 aliphatic heterocycles. The summed E-state index contributed by atoms with van der Waals surface area (Å²) in [6, 6.07) is 7.01. The lowest BCUT2D eigenvalue weighted by atomic mass is 9.85. The van der Waals surface area contributed by atoms with Crippen molar-refractivity contribution in [1.29, 1.82) is 0 Å². The molecule has 1 N–H and O–H groups in total. The minimum absolute atomic E-state index is 0.103. The number of carbonyl (C=O) groups excluding carboxylic acids is 3. The summed E-state index contributed by atoms with van der Waals surface area (Å²) in [5.41, 5.74) is 0.656. The Morgan fingerprint density at radius 2 is 1.72 bits per heavy atom. The minimum atomic E-state index is -0.219. The summed E-state index contributed by atoms with van der Waals surface area (Å²) in [6.45, 7) is 0.145. The molecule has 4 atom stereocenters. The number of imide groups is 1. The molecule has 2 fully saturated rings. The first kappa shape index (κ1) is 15.9. The second-order valence-electron chi connectivity index (χ2n) is 6.85. The Morgan fingerprint density at radius 1 is 1.12 bits per heavy atom. The number of methoxy groups -OCH3 is 1. The Kier molecular flexibility index (Phi) is 3.82. The highest BCUT2D eigenvalue weighted by Gasteiger charge is 2.58. The van der Waals surface area contributed by atoms with Gasteiger partial charge in [0.1, 0.15) is 5.75 Å². The molecule has 0 spiro atoms. The van der Waals surface area contributed by atoms with Gasteiger partial charge < -0.3 is 10.1 Å². The summed E-state index contributed by atoms with van der Waals surface area (Å²) in [5, 5.41) is 2.77. The van der Waals surface area contributed by atoms with E-state index in [-0.39, 0.29) is 54.4 Å². The Morgan fingerprint density at radius 3 is 2.28 bits per heavy atom. The van der Waals surface area contributed by atoms with Crippen molar-refractivity contribution >= 4 is 23.4 Å². The first-order valence-electron chi connectivity index (χ1n) is 8.56. The maximum atomic E-state index is 12.6. The molecule has 1 aromatic carbocycles. The first-order valence-corrected chi connectivity index (χ1v) is 8.56. The van der Waals surface area contributed by atoms with Crippen LogP contribution in [0.15, 0.2) is 36.4 Å². The van der Waals surface area contributed by atoms with Crippen LogP contribution >= 0.6 is 0 Å². The Hall–Kier alpha value is -2.63. The van der Waals surface area contributed by atoms with Crippen LogP contribution in [0, 0.1) is 23.7 Å². The van der Waals surface area contributed by atoms with Gasteiger partial charge in [0, 0.05) is 18.7 Å². The highest BCUT2D eigenvalue weighted by Crippen LogP contribution is 2.52. The molecular formula is C19H20N2O4. The number of ether oxygens (including phenoxy) is 1. The van der Waals surface area contributed by atoms with Crippen LogP contribution in [0.4, 0.5) is 5.69 Å². The zero-order valence-corrected chi connectivity index (χ0v) is 14.0. The van der Waals surface area contributed by atoms with Crippen LogP contribution in [-0.2, 0) is 14.4 Å². The van der Waals surface area contributed by atoms with Crippen molar-refractivity contribution < 1.29 is 19.1 Å². The van der Waals surface area contributed by atoms with Gasteiger partial charge in [0.2, 0.25) is 17.7 Å². The van der Waals surface area contributed by atoms with Gasteiger partial charge in [-0.3, -0.25) is 19.3 Å². The van der Waals surface area contributed by atoms with Crippen molar-refractivity contribution in [3.8, 4) is 5.75 Å². The molecule has 1 saturated heterocycles. The Bertz CT molecular complexity index is 725. The van der Waals surface area contributed by atoms with E-state index in [0.717, 1.165) is 6.42 Å². The van der Waals surface area contributed by atoms with E-state index in [2.05, 4.69) is 17.5 Å². The van der Waals surface area contributed by atoms with E-state index < -0.39 is 0 Å². The summed E-state index contributed by atoms with van der Waals surface area (Å²) in [4.78, 5) is 38.5. The molecule has 2 aliphatic carbocycles. The number of rotatable bonds is 5. The summed E-state index contributed by atoms with van der Waals surface area (Å²) in [7, 11) is 1.58. The zero-order chi connectivity index (χ0) is 17.6. The molecule has 2 bridgehead atoms. The van der Waals surface area contributed by atoms with Gasteiger partial charge >= 0.3 is 0 Å². The summed E-state index contributed by atoms with van der Waals surface area (Å²) in [5.74, 6) is 0.270. The molecule has 4 rings (SSSR count). The van der Waals surface area contributed by atoms with Gasteiger partial charge in [-0.2, -0.15) is 0 Å². The molecular weight excluding hydrogens is 320 g/mol. The van der Waals surface area contributed by atoms with E-state index in [1.54, 1.807) is 31.4 Å². The predicted molar refractivity (Wildman–Crippen MR) is 90.7 cm³/mol. The monoisotopic (exact) mass is 340 g/mol. The van der Waals surface area contributed by atoms with Gasteiger partial charge in [0.05, 0.1) is 18.9 Å². The van der Waals surface area contributed by atoms with E-state index in [1.807, 2.05) is 0 Å². The van der Waals surface area contributed by atoms with Gasteiger partial charge in [-0.25, -0.2) is 0 Å². The smallest absolute Gasteiger partial charge is 0.233 e. The van der Waals surface area contributed by atoms with E-state index in [0.29, 0.717) is 11.4 Å². The first-order chi connectivity index (χ1) is 12.1. The third kappa shape index (κ3) is 2.62. The van der Waals surface area contributed by atoms with Crippen molar-refractivity contribution in [2.45, 2.75) is 12.8 Å². The van der Waals surface area contributed by atoms with Crippen molar-refractivity contribution in [2.75, 3.05) is 19.0 Å². The molecule has 0 aromatic heterocycles. The average molecular weight is 340 g/mol. The Balaban J connectivity index is 1.34. The molecule has 1 heterocycles. The molecule has 3 aliphatic rings. The van der Waals surface area contributed by atoms with Gasteiger partial charge in [-0.05, 0) is 42.5 Å². The predicted octanol–water partition coefficient (Wildman–Crippen LogP) is 1.83. The topological polar surface area (TPSA) is 75.7 Å². The van der Waals surface area contributed by atoms with E-state index in [9.17, 15) is 14.4 Å². The number of benzene rings is 1. The third-order valence-electron chi connectivity index (χ3n) is 5.50. The highest BCUT2D eigenvalue weighted by atomic mass is 16.5. The maximum absolute atomic E-state index is 12.6. The number of anilines is 1. The van der Waals surface area contributed by atoms with Gasteiger partial charge in [0.25, 0.3) is 0 Å². The number of amides is 3. The average Bonchev–Trinajstić information content (AvgIpc) is 3.29. The lowest BCUT2D eigenvalue weighted by Crippen LogP contribution is -2.35. The molecule has 3 amide bonds. The van der Waals surface area contributed by atoms with E-state index in [1.165, 1.54) is 4.90 Å². The molecule has 0 radical (unpaired) electrons. The maximum Gasteiger partial charge on any atom is 0.233 e. The van der Waals surface area contributed by atoms with Crippen LogP contribution < -0.4 is 10.1 Å². The lowest BCUT2D eigenvalue weighted by molar-refractivity contribution is -0.140. The fourth-order valence-corrected chi connectivity index (χ4v) is 4.30. The molecule has 6 nitrogen and oxygen atoms in total. The van der Waals surface area contributed by atoms with Crippen LogP contribution in [0.5, 0.6) is 5.75 Å². The van der Waals surface area contributed by atoms with Gasteiger partial charge in [-0.15, -0.1) is 0 Å². The molecule has 1 saturated carbocycles. The van der Waals surface area contributed by atoms with Crippen molar-refractivity contribution in [3.05, 3.63) is 36.4 Å². The largest absolute Gasteiger partial charge is 0.497 e. The molecule has 25 heavy (non-hydrogen) atoms. The van der Waals surface area contributed by atoms with Gasteiger partial charge in [0.15, 0.2) is 0 Å². The zero-order valence-electron chi connectivity index (χ0n) is 14.0. The SMILES string of the molecule is COc1ccc(NC(=O)CCN2C(=O)[C@@H]3[C@@H](C2=O)[C@H]2C=C[C@@H]3C2)cc1. The van der Waals surface area contributed by atoms with Crippen LogP contribution in [-0.4, -0.2) is 36.3 Å². The highest BCUT2D eigenvalue weighted by molar-refractivity contribution is 6.06. The summed E-state index contributed by atoms with van der Waals surface area (Å²) in [6.07, 6.45) is 5.15. The van der Waals surface area contributed by atoms with Crippen molar-refractivity contribution in [3.63, 3.8) is 0 Å². The molecule has 0 unspecified atom stereocenters. The molecule has 130 valence electrons. The number of fused-ring (bicyclic) bond motifs is 5. The van der Waals surface area contributed by atoms with Crippen molar-refractivity contribution in [2.24, 2.45) is 23.7 Å². The molecule has 6 heteroatoms. The van der Waals surface area contributed by atoms with E-state index in [4.69, 9.17) is 4.74 Å². The second-order valence-corrected chi connectivity index (χ2v) is 6.85. The van der Waals surface area contributed by atoms with Crippen LogP contribution in [0.25, 0.3) is 0 Å². The number of likely N-dealkylation sites (tertiary alicyclic amines) is 1. The normalized spacial score (nSPS) is 29.2. The quantitative estimate of drug-likeness (QED) is 0.655. The summed E-state index contributed by atoms with van der Waals surface area (Å²) < 4.78 is 5.07. The fourth-order valence-electron chi connectivity index (χ4n) is 4.30. The number of carbonyl (C=O) groups is 3. The van der Waals surface area contributed by atoms with Crippen LogP contribution in [0.3, 0.4) is 0 Å². The number of hydrogen-bond donors (Lipinski definition) is 1. The fraction of sp³-hybridized carbons (Fsp3) is 0.421. The standard InChI is InChI=1S/C19H20N2O4/c1-25-14-6-4-13(5-7-14)20-15(22)8-9-21-18(23)16-11-2-3-12(10-11)17(16)19(21)24/h2-7,11-12,16-17H,8-10H2,1H3,(H,20,22)/t11-,12+,16-,17-/m0/s1. The number of nitrogens with zero attached hydrogens (tertiary/aromatic N) is 1. The molecule has 1 aromatic rings. The van der Waals surface area contributed by atoms with Crippen molar-refractivity contribution in [1.82, 2.24) is 4.90 Å². The second kappa shape index (κ2) is 6.02. The van der Waals surface area contributed by atoms with Crippen LogP contribution in [0.1, 0.15) is 12.8 Å². The van der Waals surface area contributed by atoms with Gasteiger partial charge in [-0.1, -0.05) is 12.2 Å². The summed E-state index contributed by atoms with van der Waals surface area (Å²) >= 11 is 0. The Labute approximate surface area is 145 Å². The number of hydrogen-bond acceptors (Lipinski definition) is 4. The lowest BCUT2D eigenvalue weighted by Gasteiger charge is -2.17. The number of allylic oxidation sites excluding steroid dienone is 2. The van der Waals surface area contributed by atoms with E-state index >= 15 is 0 Å².